The molecule has 0 radical (unpaired) electrons. The molecule has 1 N–H and O–H groups in total. The number of hydrogen-bond acceptors (Lipinski definition) is 7. The lowest BCUT2D eigenvalue weighted by Crippen LogP contribution is -2.34. The first kappa shape index (κ1) is 35.0. The number of hydrogen-bond donors (Lipinski definition) is 1. The zero-order valence-electron chi connectivity index (χ0n) is 27.3. The van der Waals surface area contributed by atoms with Crippen LogP contribution in [0.3, 0.4) is 0 Å². The third-order valence-corrected chi connectivity index (χ3v) is 10.1. The van der Waals surface area contributed by atoms with E-state index in [9.17, 15) is 5.11 Å². The number of thioether (sulfide) groups is 2. The predicted octanol–water partition coefficient (Wildman–Crippen LogP) is 11.3. The van der Waals surface area contributed by atoms with Crippen LogP contribution < -0.4 is 4.90 Å². The van der Waals surface area contributed by atoms with Gasteiger partial charge in [-0.1, -0.05) is 142 Å². The number of phenols is 1. The Kier molecular flexibility index (Phi) is 15.9. The number of benzene rings is 1. The first-order chi connectivity index (χ1) is 20.3. The van der Waals surface area contributed by atoms with E-state index in [-0.39, 0.29) is 5.41 Å². The molecule has 1 aromatic heterocycles. The summed E-state index contributed by atoms with van der Waals surface area (Å²) in [6.07, 6.45) is 21.6. The van der Waals surface area contributed by atoms with Gasteiger partial charge in [-0.3, -0.25) is 0 Å². The maximum absolute atomic E-state index is 10.7. The van der Waals surface area contributed by atoms with Crippen molar-refractivity contribution in [2.75, 3.05) is 16.4 Å². The summed E-state index contributed by atoms with van der Waals surface area (Å²) < 4.78 is 0. The number of phenolic OH excluding ortho intramolecular Hbond substituents is 1. The average molecular weight is 615 g/mol. The molecule has 1 aromatic carbocycles. The lowest BCUT2D eigenvalue weighted by molar-refractivity contribution is 0.429. The molecule has 42 heavy (non-hydrogen) atoms. The van der Waals surface area contributed by atoms with Crippen molar-refractivity contribution in [1.82, 2.24) is 15.0 Å². The molecule has 1 aliphatic carbocycles. The number of anilines is 2. The minimum atomic E-state index is -0.159. The molecule has 3 rings (SSSR count). The summed E-state index contributed by atoms with van der Waals surface area (Å²) in [7, 11) is 0. The molecule has 0 spiro atoms. The van der Waals surface area contributed by atoms with E-state index in [0.29, 0.717) is 11.8 Å². The van der Waals surface area contributed by atoms with Crippen LogP contribution in [0.15, 0.2) is 28.5 Å². The quantitative estimate of drug-likeness (QED) is 0.125. The Morgan fingerprint density at radius 3 is 1.79 bits per heavy atom. The van der Waals surface area contributed by atoms with Gasteiger partial charge >= 0.3 is 0 Å². The highest BCUT2D eigenvalue weighted by atomic mass is 32.2. The number of rotatable bonds is 19. The zero-order chi connectivity index (χ0) is 30.2. The highest BCUT2D eigenvalue weighted by Gasteiger charge is 2.28. The molecule has 236 valence electrons. The third kappa shape index (κ3) is 11.9. The number of aromatic hydroxyl groups is 1. The van der Waals surface area contributed by atoms with Crippen molar-refractivity contribution in [3.63, 3.8) is 0 Å². The molecule has 2 aromatic rings. The predicted molar refractivity (Wildman–Crippen MR) is 184 cm³/mol. The second kappa shape index (κ2) is 19.0. The van der Waals surface area contributed by atoms with Gasteiger partial charge in [0.2, 0.25) is 5.95 Å². The molecule has 1 fully saturated rings. The molecule has 5 nitrogen and oxygen atoms in total. The van der Waals surface area contributed by atoms with Gasteiger partial charge < -0.3 is 10.0 Å². The van der Waals surface area contributed by atoms with Crippen molar-refractivity contribution in [1.29, 1.82) is 0 Å². The van der Waals surface area contributed by atoms with Crippen molar-refractivity contribution in [2.45, 2.75) is 166 Å². The van der Waals surface area contributed by atoms with Crippen LogP contribution in [0.4, 0.5) is 11.6 Å². The molecule has 0 amide bonds. The fourth-order valence-corrected chi connectivity index (χ4v) is 7.47. The molecular formula is C35H58N4OS2. The Balaban J connectivity index is 1.86. The number of aromatic nitrogens is 3. The molecule has 0 aliphatic heterocycles. The van der Waals surface area contributed by atoms with E-state index in [2.05, 4.69) is 51.7 Å². The maximum atomic E-state index is 10.7. The molecule has 1 aliphatic rings. The summed E-state index contributed by atoms with van der Waals surface area (Å²) in [5.74, 6) is 3.23. The molecule has 1 heterocycles. The SMILES string of the molecule is CCCCCCCCSc1nc(SCCCCCCCC)nc(N(c2ccc(O)c(C(C)(C)C)c2)C2CCCCC2)n1. The normalized spacial score (nSPS) is 14.4. The van der Waals surface area contributed by atoms with Crippen LogP contribution in [0.1, 0.15) is 149 Å². The Hall–Kier alpha value is -1.47. The van der Waals surface area contributed by atoms with E-state index in [1.165, 1.54) is 96.3 Å². The molecule has 0 saturated heterocycles. The van der Waals surface area contributed by atoms with Gasteiger partial charge in [0.15, 0.2) is 10.3 Å². The lowest BCUT2D eigenvalue weighted by atomic mass is 9.85. The van der Waals surface area contributed by atoms with E-state index in [0.717, 1.165) is 51.9 Å². The van der Waals surface area contributed by atoms with E-state index in [4.69, 9.17) is 15.0 Å². The second-order valence-electron chi connectivity index (χ2n) is 13.0. The molecule has 1 saturated carbocycles. The summed E-state index contributed by atoms with van der Waals surface area (Å²) in [4.78, 5) is 17.6. The fraction of sp³-hybridized carbons (Fsp3) is 0.743. The van der Waals surface area contributed by atoms with Crippen LogP contribution in [-0.2, 0) is 5.41 Å². The van der Waals surface area contributed by atoms with Crippen LogP contribution >= 0.6 is 23.5 Å². The lowest BCUT2D eigenvalue weighted by Gasteiger charge is -2.35. The van der Waals surface area contributed by atoms with Gasteiger partial charge in [-0.15, -0.1) is 0 Å². The monoisotopic (exact) mass is 614 g/mol. The van der Waals surface area contributed by atoms with Crippen LogP contribution in [0.5, 0.6) is 5.75 Å². The fourth-order valence-electron chi connectivity index (χ4n) is 5.76. The van der Waals surface area contributed by atoms with Crippen molar-refractivity contribution < 1.29 is 5.11 Å². The smallest absolute Gasteiger partial charge is 0.235 e. The first-order valence-electron chi connectivity index (χ1n) is 17.0. The molecule has 7 heteroatoms. The zero-order valence-corrected chi connectivity index (χ0v) is 28.9. The van der Waals surface area contributed by atoms with Gasteiger partial charge in [0, 0.05) is 28.8 Å². The van der Waals surface area contributed by atoms with Crippen molar-refractivity contribution in [2.24, 2.45) is 0 Å². The van der Waals surface area contributed by atoms with Crippen LogP contribution in [0.2, 0.25) is 0 Å². The van der Waals surface area contributed by atoms with Gasteiger partial charge in [0.25, 0.3) is 0 Å². The molecular weight excluding hydrogens is 557 g/mol. The van der Waals surface area contributed by atoms with Crippen LogP contribution in [0.25, 0.3) is 0 Å². The van der Waals surface area contributed by atoms with E-state index >= 15 is 0 Å². The topological polar surface area (TPSA) is 62.1 Å². The van der Waals surface area contributed by atoms with Crippen molar-refractivity contribution in [3.05, 3.63) is 23.8 Å². The minimum Gasteiger partial charge on any atom is -0.508 e. The molecule has 0 unspecified atom stereocenters. The summed E-state index contributed by atoms with van der Waals surface area (Å²) in [5.41, 5.74) is 1.88. The van der Waals surface area contributed by atoms with Gasteiger partial charge in [-0.2, -0.15) is 15.0 Å². The number of unbranched alkanes of at least 4 members (excludes halogenated alkanes) is 10. The van der Waals surface area contributed by atoms with Crippen LogP contribution in [0, 0.1) is 0 Å². The maximum Gasteiger partial charge on any atom is 0.235 e. The Bertz CT molecular complexity index is 1000. The van der Waals surface area contributed by atoms with Crippen LogP contribution in [-0.4, -0.2) is 37.6 Å². The summed E-state index contributed by atoms with van der Waals surface area (Å²) in [6, 6.07) is 6.43. The average Bonchev–Trinajstić information content (AvgIpc) is 2.97. The van der Waals surface area contributed by atoms with Crippen molar-refractivity contribution >= 4 is 35.2 Å². The Labute approximate surface area is 265 Å². The first-order valence-corrected chi connectivity index (χ1v) is 18.9. The summed E-state index contributed by atoms with van der Waals surface area (Å²) in [6.45, 7) is 11.0. The third-order valence-electron chi connectivity index (χ3n) is 8.26. The van der Waals surface area contributed by atoms with E-state index < -0.39 is 0 Å². The summed E-state index contributed by atoms with van der Waals surface area (Å²) in [5, 5.41) is 12.4. The highest BCUT2D eigenvalue weighted by Crippen LogP contribution is 2.39. The van der Waals surface area contributed by atoms with E-state index in [1.54, 1.807) is 23.5 Å². The van der Waals surface area contributed by atoms with Gasteiger partial charge in [0.05, 0.1) is 0 Å². The van der Waals surface area contributed by atoms with Crippen molar-refractivity contribution in [3.8, 4) is 5.75 Å². The molecule has 0 atom stereocenters. The highest BCUT2D eigenvalue weighted by molar-refractivity contribution is 7.99. The van der Waals surface area contributed by atoms with Gasteiger partial charge in [-0.25, -0.2) is 0 Å². The largest absolute Gasteiger partial charge is 0.508 e. The second-order valence-corrected chi connectivity index (χ2v) is 15.2. The Morgan fingerprint density at radius 2 is 1.26 bits per heavy atom. The number of nitrogens with zero attached hydrogens (tertiary/aromatic N) is 4. The standard InChI is InChI=1S/C35H58N4OS2/c1-6-8-10-12-14-19-25-41-33-36-32(37-34(38-33)42-26-20-15-13-11-9-7-2)39(28-21-17-16-18-22-28)29-23-24-31(40)30(27-29)35(3,4)5/h23-24,27-28,40H,6-22,25-26H2,1-5H3. The minimum absolute atomic E-state index is 0.159. The van der Waals surface area contributed by atoms with Gasteiger partial charge in [-0.05, 0) is 49.3 Å². The van der Waals surface area contributed by atoms with Gasteiger partial charge in [0.1, 0.15) is 5.75 Å². The summed E-state index contributed by atoms with van der Waals surface area (Å²) >= 11 is 3.58. The molecule has 0 bridgehead atoms. The van der Waals surface area contributed by atoms with E-state index in [1.807, 2.05) is 6.07 Å². The Morgan fingerprint density at radius 1 is 0.738 bits per heavy atom.